The summed E-state index contributed by atoms with van der Waals surface area (Å²) in [5.41, 5.74) is 5.26. The highest BCUT2D eigenvalue weighted by Crippen LogP contribution is 2.33. The van der Waals surface area contributed by atoms with E-state index in [9.17, 15) is 13.0 Å². The smallest absolute Gasteiger partial charge is 0.294 e. The van der Waals surface area contributed by atoms with Crippen LogP contribution in [0.25, 0.3) is 20.8 Å². The van der Waals surface area contributed by atoms with Gasteiger partial charge in [-0.05, 0) is 85.1 Å². The van der Waals surface area contributed by atoms with Gasteiger partial charge in [0.1, 0.15) is 5.01 Å². The van der Waals surface area contributed by atoms with Crippen molar-refractivity contribution < 1.29 is 13.0 Å². The molecular weight excluding hydrogens is 520 g/mol. The molecule has 0 aliphatic carbocycles. The highest BCUT2D eigenvalue weighted by atomic mass is 35.5. The van der Waals surface area contributed by atoms with Gasteiger partial charge in [0.05, 0.1) is 15.1 Å². The molecule has 0 unspecified atom stereocenters. The van der Waals surface area contributed by atoms with E-state index in [4.69, 9.17) is 16.6 Å². The van der Waals surface area contributed by atoms with Crippen LogP contribution in [0.5, 0.6) is 0 Å². The summed E-state index contributed by atoms with van der Waals surface area (Å²) in [6.45, 7) is 4.03. The summed E-state index contributed by atoms with van der Waals surface area (Å²) in [4.78, 5) is 17.0. The summed E-state index contributed by atoms with van der Waals surface area (Å²) in [5.74, 6) is 0.304. The van der Waals surface area contributed by atoms with Crippen LogP contribution in [0.2, 0.25) is 5.28 Å². The van der Waals surface area contributed by atoms with E-state index in [0.717, 1.165) is 32.0 Å². The predicted octanol–water partition coefficient (Wildman–Crippen LogP) is 6.15. The lowest BCUT2D eigenvalue weighted by Gasteiger charge is -2.11. The number of fused-ring (bicyclic) bond motifs is 1. The van der Waals surface area contributed by atoms with Gasteiger partial charge in [0.2, 0.25) is 17.2 Å². The first kappa shape index (κ1) is 24.1. The van der Waals surface area contributed by atoms with Crippen molar-refractivity contribution in [3.05, 3.63) is 77.1 Å². The maximum Gasteiger partial charge on any atom is 0.294 e. The summed E-state index contributed by atoms with van der Waals surface area (Å²) in [5, 5.41) is 6.91. The highest BCUT2D eigenvalue weighted by molar-refractivity contribution is 7.85. The summed E-state index contributed by atoms with van der Waals surface area (Å²) in [7, 11) is -4.35. The molecule has 0 radical (unpaired) electrons. The summed E-state index contributed by atoms with van der Waals surface area (Å²) in [6.07, 6.45) is 0. The van der Waals surface area contributed by atoms with E-state index in [-0.39, 0.29) is 22.1 Å². The summed E-state index contributed by atoms with van der Waals surface area (Å²) < 4.78 is 33.2. The second kappa shape index (κ2) is 9.43. The molecule has 0 fully saturated rings. The van der Waals surface area contributed by atoms with Gasteiger partial charge in [0, 0.05) is 16.9 Å². The fraction of sp³-hybridized carbons (Fsp3) is 0.0833. The van der Waals surface area contributed by atoms with E-state index in [1.807, 2.05) is 31.2 Å². The second-order valence-electron chi connectivity index (χ2n) is 8.02. The molecule has 0 atom stereocenters. The largest absolute Gasteiger partial charge is 0.324 e. The maximum atomic E-state index is 11.4. The molecule has 12 heteroatoms. The average Bonchev–Trinajstić information content (AvgIpc) is 3.23. The Bertz CT molecular complexity index is 1720. The topological polar surface area (TPSA) is 130 Å². The Morgan fingerprint density at radius 3 is 2.42 bits per heavy atom. The van der Waals surface area contributed by atoms with Crippen molar-refractivity contribution in [1.29, 1.82) is 0 Å². The first-order chi connectivity index (χ1) is 17.1. The Kier molecular flexibility index (Phi) is 6.31. The number of benzene rings is 3. The average molecular weight is 539 g/mol. The third kappa shape index (κ3) is 5.29. The highest BCUT2D eigenvalue weighted by Gasteiger charge is 2.13. The molecule has 5 rings (SSSR count). The van der Waals surface area contributed by atoms with Crippen molar-refractivity contribution >= 4 is 66.5 Å². The van der Waals surface area contributed by atoms with Crippen molar-refractivity contribution in [2.45, 2.75) is 18.7 Å². The molecule has 0 bridgehead atoms. The molecule has 9 nitrogen and oxygen atoms in total. The van der Waals surface area contributed by atoms with Crippen molar-refractivity contribution in [3.63, 3.8) is 0 Å². The van der Waals surface area contributed by atoms with E-state index in [1.54, 1.807) is 17.4 Å². The van der Waals surface area contributed by atoms with Crippen LogP contribution in [0.3, 0.4) is 0 Å². The number of hydrogen-bond acceptors (Lipinski definition) is 9. The number of thiazole rings is 1. The number of hydrogen-bond donors (Lipinski definition) is 3. The zero-order chi connectivity index (χ0) is 25.4. The van der Waals surface area contributed by atoms with Crippen molar-refractivity contribution in [1.82, 2.24) is 19.9 Å². The monoisotopic (exact) mass is 538 g/mol. The van der Waals surface area contributed by atoms with Crippen LogP contribution in [0.15, 0.2) is 65.6 Å². The number of aromatic nitrogens is 4. The molecule has 0 aliphatic rings. The Morgan fingerprint density at radius 1 is 0.889 bits per heavy atom. The van der Waals surface area contributed by atoms with Gasteiger partial charge >= 0.3 is 0 Å². The third-order valence-corrected chi connectivity index (χ3v) is 7.35. The minimum Gasteiger partial charge on any atom is -0.324 e. The Hall–Kier alpha value is -3.64. The molecule has 0 spiro atoms. The van der Waals surface area contributed by atoms with E-state index in [1.165, 1.54) is 23.8 Å². The van der Waals surface area contributed by atoms with E-state index in [0.29, 0.717) is 5.69 Å². The van der Waals surface area contributed by atoms with Crippen molar-refractivity contribution in [2.75, 3.05) is 10.6 Å². The lowest BCUT2D eigenvalue weighted by Crippen LogP contribution is -2.05. The van der Waals surface area contributed by atoms with Crippen LogP contribution in [0, 0.1) is 13.8 Å². The van der Waals surface area contributed by atoms with Crippen LogP contribution < -0.4 is 10.6 Å². The first-order valence-electron chi connectivity index (χ1n) is 10.7. The maximum absolute atomic E-state index is 11.4. The second-order valence-corrected chi connectivity index (χ2v) is 10.8. The van der Waals surface area contributed by atoms with Gasteiger partial charge < -0.3 is 10.6 Å². The quantitative estimate of drug-likeness (QED) is 0.218. The third-order valence-electron chi connectivity index (χ3n) is 5.26. The fourth-order valence-corrected chi connectivity index (χ4v) is 5.28. The van der Waals surface area contributed by atoms with E-state index < -0.39 is 10.1 Å². The minimum absolute atomic E-state index is 0.0556. The molecule has 182 valence electrons. The number of nitrogens with one attached hydrogen (secondary N) is 2. The minimum atomic E-state index is -4.35. The van der Waals surface area contributed by atoms with E-state index in [2.05, 4.69) is 44.6 Å². The Labute approximate surface area is 216 Å². The number of anilines is 4. The zero-order valence-corrected chi connectivity index (χ0v) is 21.4. The SMILES string of the molecule is Cc1ccc2nc(-c3ccc(Nc4nc(Cl)nc(Nc5cccc(S(=O)(=O)O)c5)n4)c(C)c3)sc2c1. The first-order valence-corrected chi connectivity index (χ1v) is 13.3. The molecule has 2 aromatic heterocycles. The molecule has 3 aromatic carbocycles. The molecular formula is C24H19ClN6O3S2. The molecule has 36 heavy (non-hydrogen) atoms. The molecule has 2 heterocycles. The fourth-order valence-electron chi connectivity index (χ4n) is 3.54. The summed E-state index contributed by atoms with van der Waals surface area (Å²) in [6, 6.07) is 17.8. The van der Waals surface area contributed by atoms with Crippen LogP contribution in [0.1, 0.15) is 11.1 Å². The lowest BCUT2D eigenvalue weighted by atomic mass is 10.1. The van der Waals surface area contributed by atoms with Crippen LogP contribution in [0.4, 0.5) is 23.3 Å². The number of rotatable bonds is 6. The zero-order valence-electron chi connectivity index (χ0n) is 19.0. The lowest BCUT2D eigenvalue weighted by molar-refractivity contribution is 0.483. The molecule has 5 aromatic rings. The molecule has 0 amide bonds. The normalized spacial score (nSPS) is 11.6. The molecule has 3 N–H and O–H groups in total. The van der Waals surface area contributed by atoms with Crippen LogP contribution in [-0.4, -0.2) is 32.9 Å². The van der Waals surface area contributed by atoms with Gasteiger partial charge in [0.25, 0.3) is 10.1 Å². The van der Waals surface area contributed by atoms with Gasteiger partial charge in [0.15, 0.2) is 0 Å². The van der Waals surface area contributed by atoms with Gasteiger partial charge in [-0.1, -0.05) is 12.1 Å². The van der Waals surface area contributed by atoms with Crippen LogP contribution in [-0.2, 0) is 10.1 Å². The van der Waals surface area contributed by atoms with Crippen LogP contribution >= 0.6 is 22.9 Å². The van der Waals surface area contributed by atoms with Crippen molar-refractivity contribution in [3.8, 4) is 10.6 Å². The number of halogens is 1. The predicted molar refractivity (Wildman–Crippen MR) is 142 cm³/mol. The van der Waals surface area contributed by atoms with Gasteiger partial charge in [-0.2, -0.15) is 23.4 Å². The van der Waals surface area contributed by atoms with E-state index >= 15 is 0 Å². The van der Waals surface area contributed by atoms with Crippen molar-refractivity contribution in [2.24, 2.45) is 0 Å². The molecule has 0 saturated heterocycles. The summed E-state index contributed by atoms with van der Waals surface area (Å²) >= 11 is 7.74. The molecule has 0 aliphatic heterocycles. The Balaban J connectivity index is 1.38. The Morgan fingerprint density at radius 2 is 1.67 bits per heavy atom. The van der Waals surface area contributed by atoms with Gasteiger partial charge in [-0.15, -0.1) is 11.3 Å². The number of nitrogens with zero attached hydrogens (tertiary/aromatic N) is 4. The number of aryl methyl sites for hydroxylation is 2. The van der Waals surface area contributed by atoms with Gasteiger partial charge in [-0.3, -0.25) is 4.55 Å². The molecule has 0 saturated carbocycles. The standard InChI is InChI=1S/C24H19ClN6O3S2/c1-13-6-8-19-20(10-13)35-21(27-19)15-7-9-18(14(2)11-15)28-24-30-22(25)29-23(31-24)26-16-4-3-5-17(12-16)36(32,33)34/h3-12H,1-2H3,(H,32,33,34)(H2,26,28,29,30,31). The van der Waals surface area contributed by atoms with Gasteiger partial charge in [-0.25, -0.2) is 4.98 Å².